The molecule has 22 heavy (non-hydrogen) atoms. The van der Waals surface area contributed by atoms with Crippen molar-refractivity contribution >= 4 is 29.9 Å². The molecule has 0 unspecified atom stereocenters. The van der Waals surface area contributed by atoms with Gasteiger partial charge in [0.2, 0.25) is 5.91 Å². The van der Waals surface area contributed by atoms with Gasteiger partial charge in [-0.15, -0.1) is 12.4 Å². The largest absolute Gasteiger partial charge is 0.341 e. The number of nitrogens with zero attached hydrogens (tertiary/aromatic N) is 1. The molecule has 0 atom stereocenters. The second-order valence-electron chi connectivity index (χ2n) is 5.72. The summed E-state index contributed by atoms with van der Waals surface area (Å²) in [7, 11) is 1.77. The first-order valence-corrected chi connectivity index (χ1v) is 7.82. The van der Waals surface area contributed by atoms with Crippen molar-refractivity contribution in [3.8, 4) is 0 Å². The molecule has 1 aromatic rings. The molecule has 1 saturated heterocycles. The molecule has 1 fully saturated rings. The minimum Gasteiger partial charge on any atom is -0.341 e. The van der Waals surface area contributed by atoms with E-state index in [1.807, 2.05) is 0 Å². The normalized spacial score (nSPS) is 15.2. The van der Waals surface area contributed by atoms with Crippen LogP contribution in [0.3, 0.4) is 0 Å². The quantitative estimate of drug-likeness (QED) is 0.880. The maximum atomic E-state index is 13.0. The Morgan fingerprint density at radius 1 is 1.41 bits per heavy atom. The van der Waals surface area contributed by atoms with Crippen molar-refractivity contribution in [3.05, 3.63) is 34.6 Å². The Morgan fingerprint density at radius 2 is 2.09 bits per heavy atom. The Kier molecular flexibility index (Phi) is 8.15. The first kappa shape index (κ1) is 19.2. The smallest absolute Gasteiger partial charge is 0.222 e. The minimum absolute atomic E-state index is 0. The number of benzene rings is 1. The van der Waals surface area contributed by atoms with E-state index < -0.39 is 0 Å². The van der Waals surface area contributed by atoms with Crippen LogP contribution in [0, 0.1) is 11.7 Å². The van der Waals surface area contributed by atoms with Crippen LogP contribution in [0.15, 0.2) is 18.2 Å². The third kappa shape index (κ3) is 5.75. The molecule has 1 aliphatic heterocycles. The molecule has 1 aromatic carbocycles. The lowest BCUT2D eigenvalue weighted by molar-refractivity contribution is -0.130. The van der Waals surface area contributed by atoms with Gasteiger partial charge in [-0.1, -0.05) is 17.7 Å². The zero-order chi connectivity index (χ0) is 15.2. The maximum Gasteiger partial charge on any atom is 0.222 e. The van der Waals surface area contributed by atoms with E-state index in [2.05, 4.69) is 5.32 Å². The Balaban J connectivity index is 0.00000242. The fourth-order valence-corrected chi connectivity index (χ4v) is 2.91. The Hall–Kier alpha value is -0.840. The Bertz CT molecular complexity index is 493. The van der Waals surface area contributed by atoms with Gasteiger partial charge in [0.05, 0.1) is 0 Å². The highest BCUT2D eigenvalue weighted by Crippen LogP contribution is 2.21. The van der Waals surface area contributed by atoms with Crippen LogP contribution in [-0.2, 0) is 11.3 Å². The summed E-state index contributed by atoms with van der Waals surface area (Å²) in [5.74, 6) is 0.413. The van der Waals surface area contributed by atoms with Crippen LogP contribution in [0.5, 0.6) is 0 Å². The number of carbonyl (C=O) groups is 1. The fourth-order valence-electron chi connectivity index (χ4n) is 2.68. The van der Waals surface area contributed by atoms with Crippen LogP contribution in [0.1, 0.15) is 31.2 Å². The summed E-state index contributed by atoms with van der Waals surface area (Å²) in [6, 6.07) is 4.28. The molecule has 124 valence electrons. The van der Waals surface area contributed by atoms with E-state index in [1.54, 1.807) is 18.0 Å². The van der Waals surface area contributed by atoms with E-state index >= 15 is 0 Å². The van der Waals surface area contributed by atoms with Crippen LogP contribution in [0.4, 0.5) is 4.39 Å². The van der Waals surface area contributed by atoms with Crippen molar-refractivity contribution in [2.24, 2.45) is 5.92 Å². The molecule has 0 bridgehead atoms. The van der Waals surface area contributed by atoms with Crippen molar-refractivity contribution in [2.75, 3.05) is 20.1 Å². The summed E-state index contributed by atoms with van der Waals surface area (Å²) in [5, 5.41) is 3.70. The van der Waals surface area contributed by atoms with Gasteiger partial charge in [0.15, 0.2) is 0 Å². The lowest BCUT2D eigenvalue weighted by Gasteiger charge is -2.24. The molecule has 0 aromatic heterocycles. The zero-order valence-corrected chi connectivity index (χ0v) is 14.4. The van der Waals surface area contributed by atoms with Crippen LogP contribution in [0.2, 0.25) is 5.02 Å². The molecular formula is C16H23Cl2FN2O. The molecule has 6 heteroatoms. The van der Waals surface area contributed by atoms with Crippen LogP contribution in [0.25, 0.3) is 0 Å². The van der Waals surface area contributed by atoms with Crippen molar-refractivity contribution in [2.45, 2.75) is 32.2 Å². The first-order chi connectivity index (χ1) is 10.1. The minimum atomic E-state index is -0.358. The van der Waals surface area contributed by atoms with Crippen molar-refractivity contribution in [3.63, 3.8) is 0 Å². The van der Waals surface area contributed by atoms with Crippen LogP contribution < -0.4 is 5.32 Å². The van der Waals surface area contributed by atoms with E-state index in [0.29, 0.717) is 23.9 Å². The first-order valence-electron chi connectivity index (χ1n) is 7.45. The summed E-state index contributed by atoms with van der Waals surface area (Å²) < 4.78 is 13.0. The van der Waals surface area contributed by atoms with Gasteiger partial charge in [-0.05, 0) is 56.0 Å². The average molecular weight is 349 g/mol. The van der Waals surface area contributed by atoms with Crippen molar-refractivity contribution in [1.29, 1.82) is 0 Å². The van der Waals surface area contributed by atoms with E-state index in [4.69, 9.17) is 11.6 Å². The SMILES string of the molecule is CN(Cc1ccc(F)cc1Cl)C(=O)CCC1CCNCC1.Cl. The van der Waals surface area contributed by atoms with Gasteiger partial charge in [0.1, 0.15) is 5.82 Å². The molecule has 1 amide bonds. The number of amides is 1. The molecule has 1 aliphatic rings. The second kappa shape index (κ2) is 9.33. The number of carbonyl (C=O) groups excluding carboxylic acids is 1. The molecule has 1 N–H and O–H groups in total. The van der Waals surface area contributed by atoms with Crippen molar-refractivity contribution < 1.29 is 9.18 Å². The highest BCUT2D eigenvalue weighted by Gasteiger charge is 2.17. The number of hydrogen-bond acceptors (Lipinski definition) is 2. The van der Waals surface area contributed by atoms with Gasteiger partial charge in [-0.2, -0.15) is 0 Å². The number of hydrogen-bond donors (Lipinski definition) is 1. The molecule has 0 saturated carbocycles. The van der Waals surface area contributed by atoms with Crippen molar-refractivity contribution in [1.82, 2.24) is 10.2 Å². The standard InChI is InChI=1S/C16H22ClFN2O.ClH/c1-20(11-13-3-4-14(18)10-15(13)17)16(21)5-2-12-6-8-19-9-7-12;/h3-4,10,12,19H,2,5-9,11H2,1H3;1H. The van der Waals surface area contributed by atoms with E-state index in [-0.39, 0.29) is 24.1 Å². The topological polar surface area (TPSA) is 32.3 Å². The zero-order valence-electron chi connectivity index (χ0n) is 12.8. The highest BCUT2D eigenvalue weighted by molar-refractivity contribution is 6.31. The van der Waals surface area contributed by atoms with Crippen LogP contribution in [-0.4, -0.2) is 30.9 Å². The fraction of sp³-hybridized carbons (Fsp3) is 0.562. The van der Waals surface area contributed by atoms with Gasteiger partial charge in [0, 0.05) is 25.0 Å². The summed E-state index contributed by atoms with van der Waals surface area (Å²) in [5.41, 5.74) is 0.774. The van der Waals surface area contributed by atoms with Gasteiger partial charge in [0.25, 0.3) is 0 Å². The third-order valence-electron chi connectivity index (χ3n) is 4.07. The predicted molar refractivity (Wildman–Crippen MR) is 90.0 cm³/mol. The summed E-state index contributed by atoms with van der Waals surface area (Å²) in [6.45, 7) is 2.53. The van der Waals surface area contributed by atoms with Gasteiger partial charge < -0.3 is 10.2 Å². The molecule has 0 spiro atoms. The lowest BCUT2D eigenvalue weighted by atomic mass is 9.93. The summed E-state index contributed by atoms with van der Waals surface area (Å²) in [6.07, 6.45) is 3.82. The summed E-state index contributed by atoms with van der Waals surface area (Å²) >= 11 is 5.99. The van der Waals surface area contributed by atoms with Gasteiger partial charge >= 0.3 is 0 Å². The predicted octanol–water partition coefficient (Wildman–Crippen LogP) is 3.64. The monoisotopic (exact) mass is 348 g/mol. The molecule has 0 radical (unpaired) electrons. The summed E-state index contributed by atoms with van der Waals surface area (Å²) in [4.78, 5) is 13.8. The van der Waals surface area contributed by atoms with E-state index in [9.17, 15) is 9.18 Å². The lowest BCUT2D eigenvalue weighted by Crippen LogP contribution is -2.30. The number of nitrogens with one attached hydrogen (secondary N) is 1. The molecule has 3 nitrogen and oxygen atoms in total. The molecular weight excluding hydrogens is 326 g/mol. The second-order valence-corrected chi connectivity index (χ2v) is 6.12. The molecule has 2 rings (SSSR count). The molecule has 0 aliphatic carbocycles. The third-order valence-corrected chi connectivity index (χ3v) is 4.43. The van der Waals surface area contributed by atoms with Crippen LogP contribution >= 0.6 is 24.0 Å². The highest BCUT2D eigenvalue weighted by atomic mass is 35.5. The van der Waals surface area contributed by atoms with E-state index in [0.717, 1.165) is 37.9 Å². The Labute approximate surface area is 142 Å². The number of piperidine rings is 1. The van der Waals surface area contributed by atoms with Gasteiger partial charge in [-0.3, -0.25) is 4.79 Å². The number of halogens is 3. The van der Waals surface area contributed by atoms with E-state index in [1.165, 1.54) is 12.1 Å². The van der Waals surface area contributed by atoms with Gasteiger partial charge in [-0.25, -0.2) is 4.39 Å². The molecule has 1 heterocycles. The maximum absolute atomic E-state index is 13.0. The number of rotatable bonds is 5. The average Bonchev–Trinajstić information content (AvgIpc) is 2.48. The Morgan fingerprint density at radius 3 is 2.73 bits per heavy atom.